The lowest BCUT2D eigenvalue weighted by Gasteiger charge is -2.14. The molecule has 3 atom stereocenters. The van der Waals surface area contributed by atoms with Crippen molar-refractivity contribution in [2.24, 2.45) is 5.11 Å². The van der Waals surface area contributed by atoms with Crippen LogP contribution in [-0.4, -0.2) is 58.6 Å². The highest BCUT2D eigenvalue weighted by Crippen LogP contribution is 2.35. The van der Waals surface area contributed by atoms with Crippen LogP contribution in [0.25, 0.3) is 32.7 Å². The molecule has 5 rings (SSSR count). The first-order valence-electron chi connectivity index (χ1n) is 10.8. The summed E-state index contributed by atoms with van der Waals surface area (Å²) in [6.07, 6.45) is 1.35. The third-order valence-electron chi connectivity index (χ3n) is 5.89. The van der Waals surface area contributed by atoms with Crippen molar-refractivity contribution in [3.63, 3.8) is 0 Å². The Balaban J connectivity index is 1.48. The van der Waals surface area contributed by atoms with E-state index >= 15 is 0 Å². The number of anilines is 1. The number of ether oxygens (including phenoxy) is 1. The van der Waals surface area contributed by atoms with Gasteiger partial charge in [0.25, 0.3) is 5.56 Å². The fourth-order valence-electron chi connectivity index (χ4n) is 4.19. The number of nitrogens with one attached hydrogen (secondary N) is 1. The summed E-state index contributed by atoms with van der Waals surface area (Å²) in [5, 5.41) is 31.9. The molecule has 1 aliphatic rings. The van der Waals surface area contributed by atoms with Crippen molar-refractivity contribution in [3.05, 3.63) is 68.6 Å². The highest BCUT2D eigenvalue weighted by molar-refractivity contribution is 5.92. The number of aliphatic hydroxyl groups excluding tert-OH is 2. The van der Waals surface area contributed by atoms with Gasteiger partial charge in [-0.25, -0.2) is 4.68 Å². The van der Waals surface area contributed by atoms with E-state index in [0.717, 1.165) is 11.1 Å². The summed E-state index contributed by atoms with van der Waals surface area (Å²) in [6.45, 7) is 0.383. The van der Waals surface area contributed by atoms with Gasteiger partial charge in [0.1, 0.15) is 18.0 Å². The molecule has 0 aliphatic carbocycles. The van der Waals surface area contributed by atoms with Crippen molar-refractivity contribution in [1.29, 1.82) is 0 Å². The molecule has 35 heavy (non-hydrogen) atoms. The molecule has 5 N–H and O–H groups in total. The molecule has 0 spiro atoms. The largest absolute Gasteiger partial charge is 0.394 e. The van der Waals surface area contributed by atoms with Crippen LogP contribution in [0.1, 0.15) is 23.8 Å². The number of aromatic amines is 1. The van der Waals surface area contributed by atoms with Crippen molar-refractivity contribution in [1.82, 2.24) is 29.5 Å². The standard InChI is InChI=1S/C21H22N10O4/c22-21-25-19-18(20(34)26-21)13(8-31(19)17-5-15(33)16(10-32)35-17)14-9-30(29-27-14)7-12-3-1-11(2-4-12)6-24-28-23/h1-4,8-9,15-17,32-33H,5-7,10H2,(H3,22,25,26,34)/t15-,16+,17+/m0/s1. The van der Waals surface area contributed by atoms with E-state index in [1.807, 2.05) is 24.3 Å². The van der Waals surface area contributed by atoms with Gasteiger partial charge in [0.2, 0.25) is 5.95 Å². The maximum absolute atomic E-state index is 12.8. The molecule has 1 aliphatic heterocycles. The highest BCUT2D eigenvalue weighted by atomic mass is 16.5. The van der Waals surface area contributed by atoms with E-state index in [4.69, 9.17) is 16.0 Å². The molecule has 0 unspecified atom stereocenters. The topological polar surface area (TPSA) is 206 Å². The number of hydrogen-bond acceptors (Lipinski definition) is 9. The average Bonchev–Trinajstić information content (AvgIpc) is 3.55. The minimum Gasteiger partial charge on any atom is -0.394 e. The zero-order valence-electron chi connectivity index (χ0n) is 18.4. The van der Waals surface area contributed by atoms with Gasteiger partial charge in [-0.05, 0) is 16.7 Å². The molecule has 1 aromatic carbocycles. The monoisotopic (exact) mass is 478 g/mol. The fourth-order valence-corrected chi connectivity index (χ4v) is 4.19. The number of aliphatic hydroxyl groups is 2. The first kappa shape index (κ1) is 22.6. The molecular weight excluding hydrogens is 456 g/mol. The Morgan fingerprint density at radius 1 is 1.29 bits per heavy atom. The lowest BCUT2D eigenvalue weighted by molar-refractivity contribution is -0.0430. The third kappa shape index (κ3) is 4.34. The predicted molar refractivity (Wildman–Crippen MR) is 124 cm³/mol. The summed E-state index contributed by atoms with van der Waals surface area (Å²) >= 11 is 0. The molecule has 0 amide bonds. The minimum absolute atomic E-state index is 0.0572. The minimum atomic E-state index is -0.857. The van der Waals surface area contributed by atoms with Gasteiger partial charge in [-0.3, -0.25) is 9.78 Å². The molecule has 0 radical (unpaired) electrons. The first-order chi connectivity index (χ1) is 17.0. The zero-order chi connectivity index (χ0) is 24.5. The van der Waals surface area contributed by atoms with Crippen molar-refractivity contribution in [2.45, 2.75) is 37.9 Å². The summed E-state index contributed by atoms with van der Waals surface area (Å²) in [4.78, 5) is 22.4. The summed E-state index contributed by atoms with van der Waals surface area (Å²) < 4.78 is 9.02. The molecule has 14 nitrogen and oxygen atoms in total. The summed E-state index contributed by atoms with van der Waals surface area (Å²) in [6, 6.07) is 7.57. The van der Waals surface area contributed by atoms with E-state index in [1.165, 1.54) is 0 Å². The SMILES string of the molecule is [N-]=[N+]=NCc1ccc(Cn2cc(-c3cn([C@H]4C[C@H](O)[C@@H](CO)O4)c4nc(N)[nH]c(=O)c34)nn2)cc1. The van der Waals surface area contributed by atoms with Gasteiger partial charge in [-0.1, -0.05) is 34.6 Å². The number of nitrogen functional groups attached to an aromatic ring is 1. The lowest BCUT2D eigenvalue weighted by atomic mass is 10.1. The maximum atomic E-state index is 12.8. The van der Waals surface area contributed by atoms with Gasteiger partial charge < -0.3 is 25.3 Å². The van der Waals surface area contributed by atoms with Crippen LogP contribution in [0.5, 0.6) is 0 Å². The predicted octanol–water partition coefficient (Wildman–Crippen LogP) is 1.06. The van der Waals surface area contributed by atoms with E-state index in [1.54, 1.807) is 21.6 Å². The molecule has 1 saturated heterocycles. The Hall–Kier alpha value is -4.23. The van der Waals surface area contributed by atoms with Gasteiger partial charge in [0.05, 0.1) is 37.4 Å². The first-order valence-corrected chi connectivity index (χ1v) is 10.8. The fraction of sp³-hybridized carbons (Fsp3) is 0.333. The second kappa shape index (κ2) is 9.19. The van der Waals surface area contributed by atoms with E-state index in [2.05, 4.69) is 30.3 Å². The van der Waals surface area contributed by atoms with Crippen LogP contribution in [0.3, 0.4) is 0 Å². The molecule has 0 saturated carbocycles. The van der Waals surface area contributed by atoms with Crippen LogP contribution < -0.4 is 11.3 Å². The van der Waals surface area contributed by atoms with Crippen molar-refractivity contribution in [2.75, 3.05) is 12.3 Å². The number of benzene rings is 1. The average molecular weight is 478 g/mol. The molecule has 0 bridgehead atoms. The Kier molecular flexibility index (Phi) is 5.93. The van der Waals surface area contributed by atoms with Crippen molar-refractivity contribution >= 4 is 17.0 Å². The van der Waals surface area contributed by atoms with E-state index in [9.17, 15) is 15.0 Å². The molecule has 4 aromatic rings. The molecule has 1 fully saturated rings. The normalized spacial score (nSPS) is 19.8. The summed E-state index contributed by atoms with van der Waals surface area (Å²) in [5.74, 6) is -0.0572. The smallest absolute Gasteiger partial charge is 0.262 e. The number of fused-ring (bicyclic) bond motifs is 1. The number of nitrogens with two attached hydrogens (primary N) is 1. The highest BCUT2D eigenvalue weighted by Gasteiger charge is 2.36. The van der Waals surface area contributed by atoms with Crippen molar-refractivity contribution in [3.8, 4) is 11.3 Å². The van der Waals surface area contributed by atoms with Gasteiger partial charge >= 0.3 is 0 Å². The molecule has 14 heteroatoms. The Morgan fingerprint density at radius 2 is 2.06 bits per heavy atom. The zero-order valence-corrected chi connectivity index (χ0v) is 18.4. The van der Waals surface area contributed by atoms with E-state index in [-0.39, 0.29) is 36.6 Å². The Bertz CT molecular complexity index is 1470. The van der Waals surface area contributed by atoms with Crippen LogP contribution in [0.15, 0.2) is 46.6 Å². The molecular formula is C21H22N10O4. The quantitative estimate of drug-likeness (QED) is 0.171. The lowest BCUT2D eigenvalue weighted by Crippen LogP contribution is -2.24. The van der Waals surface area contributed by atoms with Crippen LogP contribution in [-0.2, 0) is 17.8 Å². The van der Waals surface area contributed by atoms with Crippen molar-refractivity contribution < 1.29 is 14.9 Å². The van der Waals surface area contributed by atoms with Crippen LogP contribution in [0.2, 0.25) is 0 Å². The molecule has 180 valence electrons. The van der Waals surface area contributed by atoms with Crippen LogP contribution in [0, 0.1) is 0 Å². The summed E-state index contributed by atoms with van der Waals surface area (Å²) in [5.41, 5.74) is 16.9. The second-order valence-electron chi connectivity index (χ2n) is 8.22. The number of aromatic nitrogens is 6. The molecule has 4 heterocycles. The Labute approximate surface area is 197 Å². The number of azide groups is 1. The number of hydrogen-bond donors (Lipinski definition) is 4. The number of H-pyrrole nitrogens is 1. The second-order valence-corrected chi connectivity index (χ2v) is 8.22. The van der Waals surface area contributed by atoms with Crippen LogP contribution >= 0.6 is 0 Å². The third-order valence-corrected chi connectivity index (χ3v) is 5.89. The maximum Gasteiger partial charge on any atom is 0.262 e. The molecule has 3 aromatic heterocycles. The van der Waals surface area contributed by atoms with E-state index in [0.29, 0.717) is 17.8 Å². The van der Waals surface area contributed by atoms with Crippen LogP contribution in [0.4, 0.5) is 5.95 Å². The van der Waals surface area contributed by atoms with E-state index < -0.39 is 24.0 Å². The van der Waals surface area contributed by atoms with Gasteiger partial charge in [0, 0.05) is 23.1 Å². The van der Waals surface area contributed by atoms with Gasteiger partial charge in [0.15, 0.2) is 5.65 Å². The Morgan fingerprint density at radius 3 is 2.77 bits per heavy atom. The van der Waals surface area contributed by atoms with Gasteiger partial charge in [-0.2, -0.15) is 4.98 Å². The summed E-state index contributed by atoms with van der Waals surface area (Å²) in [7, 11) is 0. The number of nitrogens with zero attached hydrogens (tertiary/aromatic N) is 8. The number of rotatable bonds is 7. The van der Waals surface area contributed by atoms with Gasteiger partial charge in [-0.15, -0.1) is 5.10 Å².